The number of para-hydroxylation sites is 2. The molecule has 5 aromatic rings. The molecule has 0 saturated carbocycles. The monoisotopic (exact) mass is 510 g/mol. The SMILES string of the molecule is O=[N+]([O-])c1cccc2nc(Cc3ccc(Cl)cc3Cl)n(Cc3n[nH]c(=S)n3-c3ccccc3)c12. The molecular weight excluding hydrogens is 495 g/mol. The van der Waals surface area contributed by atoms with Crippen molar-refractivity contribution in [2.75, 3.05) is 0 Å². The first-order chi connectivity index (χ1) is 16.4. The maximum atomic E-state index is 11.9. The van der Waals surface area contributed by atoms with Crippen molar-refractivity contribution in [2.24, 2.45) is 0 Å². The van der Waals surface area contributed by atoms with E-state index in [0.29, 0.717) is 43.9 Å². The van der Waals surface area contributed by atoms with Gasteiger partial charge in [-0.15, -0.1) is 0 Å². The number of aromatic nitrogens is 5. The van der Waals surface area contributed by atoms with Crippen LogP contribution in [0, 0.1) is 14.9 Å². The number of nitrogens with zero attached hydrogens (tertiary/aromatic N) is 5. The molecule has 0 radical (unpaired) electrons. The number of non-ortho nitro benzene ring substituents is 1. The molecule has 5 rings (SSSR count). The molecule has 0 unspecified atom stereocenters. The average Bonchev–Trinajstić information content (AvgIpc) is 3.36. The number of hydrogen-bond acceptors (Lipinski definition) is 5. The van der Waals surface area contributed by atoms with E-state index in [-0.39, 0.29) is 12.2 Å². The number of H-pyrrole nitrogens is 1. The highest BCUT2D eigenvalue weighted by Gasteiger charge is 2.23. The molecule has 0 bridgehead atoms. The predicted octanol–water partition coefficient (Wildman–Crippen LogP) is 6.13. The van der Waals surface area contributed by atoms with Crippen LogP contribution in [0.3, 0.4) is 0 Å². The van der Waals surface area contributed by atoms with Crippen LogP contribution in [0.1, 0.15) is 17.2 Å². The Morgan fingerprint density at radius 2 is 1.82 bits per heavy atom. The minimum atomic E-state index is -0.409. The van der Waals surface area contributed by atoms with Gasteiger partial charge in [0.25, 0.3) is 5.69 Å². The van der Waals surface area contributed by atoms with Gasteiger partial charge in [-0.1, -0.05) is 53.5 Å². The molecule has 2 heterocycles. The van der Waals surface area contributed by atoms with Crippen LogP contribution in [0.15, 0.2) is 66.7 Å². The third-order valence-corrected chi connectivity index (χ3v) is 6.30. The lowest BCUT2D eigenvalue weighted by molar-refractivity contribution is -0.383. The number of benzene rings is 3. The van der Waals surface area contributed by atoms with Gasteiger partial charge in [0.1, 0.15) is 11.3 Å². The van der Waals surface area contributed by atoms with E-state index >= 15 is 0 Å². The normalized spacial score (nSPS) is 11.2. The Balaban J connectivity index is 1.69. The highest BCUT2D eigenvalue weighted by molar-refractivity contribution is 7.71. The maximum absolute atomic E-state index is 11.9. The Kier molecular flexibility index (Phi) is 5.91. The Hall–Kier alpha value is -3.53. The number of hydrogen-bond donors (Lipinski definition) is 1. The van der Waals surface area contributed by atoms with Crippen molar-refractivity contribution in [3.05, 3.63) is 109 Å². The predicted molar refractivity (Wildman–Crippen MR) is 134 cm³/mol. The number of aromatic amines is 1. The number of rotatable bonds is 6. The molecule has 0 saturated heterocycles. The van der Waals surface area contributed by atoms with Gasteiger partial charge in [0.15, 0.2) is 10.6 Å². The van der Waals surface area contributed by atoms with Gasteiger partial charge in [0.2, 0.25) is 0 Å². The van der Waals surface area contributed by atoms with Crippen LogP contribution in [0.25, 0.3) is 16.7 Å². The van der Waals surface area contributed by atoms with Crippen molar-refractivity contribution in [3.63, 3.8) is 0 Å². The molecule has 0 aliphatic carbocycles. The average molecular weight is 511 g/mol. The molecule has 0 aliphatic heterocycles. The Labute approximate surface area is 208 Å². The lowest BCUT2D eigenvalue weighted by atomic mass is 10.1. The Morgan fingerprint density at radius 3 is 2.56 bits per heavy atom. The Bertz CT molecular complexity index is 1590. The number of nitro benzene ring substituents is 1. The molecule has 0 spiro atoms. The molecule has 2 aromatic heterocycles. The summed E-state index contributed by atoms with van der Waals surface area (Å²) in [5.74, 6) is 1.18. The van der Waals surface area contributed by atoms with Crippen molar-refractivity contribution in [2.45, 2.75) is 13.0 Å². The van der Waals surface area contributed by atoms with Crippen molar-refractivity contribution in [1.82, 2.24) is 24.3 Å². The molecule has 0 amide bonds. The van der Waals surface area contributed by atoms with Crippen LogP contribution in [0.5, 0.6) is 0 Å². The second kappa shape index (κ2) is 9.02. The molecule has 34 heavy (non-hydrogen) atoms. The van der Waals surface area contributed by atoms with Crippen molar-refractivity contribution in [1.29, 1.82) is 0 Å². The summed E-state index contributed by atoms with van der Waals surface area (Å²) >= 11 is 17.9. The highest BCUT2D eigenvalue weighted by Crippen LogP contribution is 2.30. The van der Waals surface area contributed by atoms with Gasteiger partial charge in [-0.3, -0.25) is 19.8 Å². The zero-order valence-electron chi connectivity index (χ0n) is 17.5. The topological polar surface area (TPSA) is 94.6 Å². The van der Waals surface area contributed by atoms with Crippen molar-refractivity contribution < 1.29 is 4.92 Å². The molecule has 0 fully saturated rings. The molecule has 8 nitrogen and oxygen atoms in total. The molecule has 0 aliphatic rings. The van der Waals surface area contributed by atoms with Crippen molar-refractivity contribution in [3.8, 4) is 5.69 Å². The molecule has 170 valence electrons. The van der Waals surface area contributed by atoms with E-state index in [2.05, 4.69) is 10.2 Å². The lowest BCUT2D eigenvalue weighted by Gasteiger charge is -2.12. The summed E-state index contributed by atoms with van der Waals surface area (Å²) < 4.78 is 4.01. The fourth-order valence-electron chi connectivity index (χ4n) is 3.92. The standard InChI is InChI=1S/C23H16Cl2N6O2S/c24-15-10-9-14(17(25)12-15)11-20-26-18-7-4-8-19(31(32)33)22(18)29(20)13-21-27-28-23(34)30(21)16-5-2-1-3-6-16/h1-10,12H,11,13H2,(H,28,34). The van der Waals surface area contributed by atoms with Crippen molar-refractivity contribution >= 4 is 52.1 Å². The maximum Gasteiger partial charge on any atom is 0.295 e. The first kappa shape index (κ1) is 22.3. The van der Waals surface area contributed by atoms with Crippen LogP contribution >= 0.6 is 35.4 Å². The molecule has 1 N–H and O–H groups in total. The van der Waals surface area contributed by atoms with Crippen LogP contribution in [0.2, 0.25) is 10.0 Å². The van der Waals surface area contributed by atoms with E-state index in [1.54, 1.807) is 33.4 Å². The summed E-state index contributed by atoms with van der Waals surface area (Å²) in [5.41, 5.74) is 2.50. The number of fused-ring (bicyclic) bond motifs is 1. The Morgan fingerprint density at radius 1 is 1.03 bits per heavy atom. The van der Waals surface area contributed by atoms with Gasteiger partial charge < -0.3 is 4.57 Å². The summed E-state index contributed by atoms with van der Waals surface area (Å²) in [5, 5.41) is 20.1. The van der Waals surface area contributed by atoms with E-state index in [0.717, 1.165) is 11.3 Å². The van der Waals surface area contributed by atoms with Crippen LogP contribution in [-0.2, 0) is 13.0 Å². The second-order valence-corrected chi connectivity index (χ2v) is 8.77. The number of halogens is 2. The summed E-state index contributed by atoms with van der Waals surface area (Å²) in [7, 11) is 0. The first-order valence-electron chi connectivity index (χ1n) is 10.2. The zero-order valence-corrected chi connectivity index (χ0v) is 19.8. The first-order valence-corrected chi connectivity index (χ1v) is 11.4. The molecule has 3 aromatic carbocycles. The van der Waals surface area contributed by atoms with E-state index < -0.39 is 4.92 Å². The fraction of sp³-hybridized carbons (Fsp3) is 0.0870. The van der Waals surface area contributed by atoms with Gasteiger partial charge in [0.05, 0.1) is 17.0 Å². The number of nitrogens with one attached hydrogen (secondary N) is 1. The molecule has 0 atom stereocenters. The number of imidazole rings is 1. The van der Waals surface area contributed by atoms with Gasteiger partial charge in [-0.05, 0) is 48.1 Å². The lowest BCUT2D eigenvalue weighted by Crippen LogP contribution is -2.12. The van der Waals surface area contributed by atoms with Gasteiger partial charge in [-0.2, -0.15) is 5.10 Å². The van der Waals surface area contributed by atoms with Crippen LogP contribution in [-0.4, -0.2) is 29.2 Å². The zero-order chi connectivity index (χ0) is 23.8. The largest absolute Gasteiger partial charge is 0.314 e. The third-order valence-electron chi connectivity index (χ3n) is 5.44. The summed E-state index contributed by atoms with van der Waals surface area (Å²) in [6.45, 7) is 0.198. The quantitative estimate of drug-likeness (QED) is 0.168. The fourth-order valence-corrected chi connectivity index (χ4v) is 4.65. The van der Waals surface area contributed by atoms with E-state index in [4.69, 9.17) is 40.4 Å². The number of nitro groups is 1. The minimum Gasteiger partial charge on any atom is -0.314 e. The van der Waals surface area contributed by atoms with E-state index in [1.165, 1.54) is 6.07 Å². The van der Waals surface area contributed by atoms with Gasteiger partial charge in [0, 0.05) is 28.2 Å². The summed E-state index contributed by atoms with van der Waals surface area (Å²) in [6.07, 6.45) is 0.346. The third kappa shape index (κ3) is 4.09. The van der Waals surface area contributed by atoms with Gasteiger partial charge in [-0.25, -0.2) is 4.98 Å². The molecule has 11 heteroatoms. The van der Waals surface area contributed by atoms with Crippen LogP contribution in [0.4, 0.5) is 5.69 Å². The summed E-state index contributed by atoms with van der Waals surface area (Å²) in [4.78, 5) is 16.2. The van der Waals surface area contributed by atoms with Crippen LogP contribution < -0.4 is 0 Å². The minimum absolute atomic E-state index is 0.0427. The summed E-state index contributed by atoms with van der Waals surface area (Å²) in [6, 6.07) is 19.6. The smallest absolute Gasteiger partial charge is 0.295 e. The second-order valence-electron chi connectivity index (χ2n) is 7.54. The van der Waals surface area contributed by atoms with Gasteiger partial charge >= 0.3 is 0 Å². The van der Waals surface area contributed by atoms with E-state index in [9.17, 15) is 10.1 Å². The molecular formula is C23H16Cl2N6O2S. The van der Waals surface area contributed by atoms with E-state index in [1.807, 2.05) is 36.4 Å². The highest BCUT2D eigenvalue weighted by atomic mass is 35.5.